The van der Waals surface area contributed by atoms with Gasteiger partial charge in [0.15, 0.2) is 9.84 Å². The summed E-state index contributed by atoms with van der Waals surface area (Å²) in [5, 5.41) is 7.68. The van der Waals surface area contributed by atoms with Gasteiger partial charge < -0.3 is 5.32 Å². The SMILES string of the molecule is C[C@H](NC(=O)c1cc(C2CC2)nn1-c1ccccc1)c1ccc(S(C)(=O)=O)cc1. The van der Waals surface area contributed by atoms with Gasteiger partial charge in [0, 0.05) is 12.2 Å². The lowest BCUT2D eigenvalue weighted by Gasteiger charge is -2.15. The van der Waals surface area contributed by atoms with Crippen LogP contribution in [0.2, 0.25) is 0 Å². The molecule has 0 aliphatic heterocycles. The van der Waals surface area contributed by atoms with Crippen LogP contribution in [-0.2, 0) is 9.84 Å². The Hall–Kier alpha value is -2.93. The highest BCUT2D eigenvalue weighted by Gasteiger charge is 2.29. The van der Waals surface area contributed by atoms with E-state index in [9.17, 15) is 13.2 Å². The van der Waals surface area contributed by atoms with Crippen LogP contribution in [0.1, 0.15) is 53.5 Å². The normalized spacial score (nSPS) is 15.1. The number of aromatic nitrogens is 2. The van der Waals surface area contributed by atoms with Crippen molar-refractivity contribution in [2.24, 2.45) is 0 Å². The third-order valence-electron chi connectivity index (χ3n) is 5.11. The van der Waals surface area contributed by atoms with Crippen molar-refractivity contribution in [3.05, 3.63) is 77.6 Å². The van der Waals surface area contributed by atoms with E-state index in [1.54, 1.807) is 28.9 Å². The molecule has 1 N–H and O–H groups in total. The number of amides is 1. The minimum Gasteiger partial charge on any atom is -0.344 e. The summed E-state index contributed by atoms with van der Waals surface area (Å²) in [5.74, 6) is 0.223. The minimum absolute atomic E-state index is 0.215. The second-order valence-electron chi connectivity index (χ2n) is 7.51. The van der Waals surface area contributed by atoms with Crippen molar-refractivity contribution < 1.29 is 13.2 Å². The van der Waals surface area contributed by atoms with Crippen molar-refractivity contribution in [1.29, 1.82) is 0 Å². The highest BCUT2D eigenvalue weighted by molar-refractivity contribution is 7.90. The van der Waals surface area contributed by atoms with Crippen LogP contribution in [-0.4, -0.2) is 30.4 Å². The molecule has 0 unspecified atom stereocenters. The molecular weight excluding hydrogens is 386 g/mol. The van der Waals surface area contributed by atoms with E-state index in [-0.39, 0.29) is 16.8 Å². The van der Waals surface area contributed by atoms with Crippen molar-refractivity contribution in [3.63, 3.8) is 0 Å². The molecule has 29 heavy (non-hydrogen) atoms. The Labute approximate surface area is 170 Å². The number of para-hydroxylation sites is 1. The Balaban J connectivity index is 1.58. The van der Waals surface area contributed by atoms with E-state index in [0.29, 0.717) is 11.6 Å². The summed E-state index contributed by atoms with van der Waals surface area (Å²) in [5.41, 5.74) is 3.12. The summed E-state index contributed by atoms with van der Waals surface area (Å²) in [6.07, 6.45) is 3.39. The first-order valence-corrected chi connectivity index (χ1v) is 11.5. The van der Waals surface area contributed by atoms with Gasteiger partial charge in [-0.15, -0.1) is 0 Å². The highest BCUT2D eigenvalue weighted by atomic mass is 32.2. The standard InChI is InChI=1S/C22H23N3O3S/c1-15(16-10-12-19(13-11-16)29(2,27)28)23-22(26)21-14-20(17-8-9-17)24-25(21)18-6-4-3-5-7-18/h3-7,10-15,17H,8-9H2,1-2H3,(H,23,26)/t15-/m0/s1. The van der Waals surface area contributed by atoms with E-state index >= 15 is 0 Å². The van der Waals surface area contributed by atoms with E-state index in [0.717, 1.165) is 29.8 Å². The first-order chi connectivity index (χ1) is 13.8. The Morgan fingerprint density at radius 3 is 2.34 bits per heavy atom. The number of carbonyl (C=O) groups excluding carboxylic acids is 1. The zero-order chi connectivity index (χ0) is 20.6. The Kier molecular flexibility index (Phi) is 5.00. The second-order valence-corrected chi connectivity index (χ2v) is 9.53. The van der Waals surface area contributed by atoms with Crippen LogP contribution < -0.4 is 5.32 Å². The molecule has 1 saturated carbocycles. The van der Waals surface area contributed by atoms with Gasteiger partial charge in [0.25, 0.3) is 5.91 Å². The number of benzene rings is 2. The number of nitrogens with zero attached hydrogens (tertiary/aromatic N) is 2. The van der Waals surface area contributed by atoms with E-state index in [1.807, 2.05) is 43.3 Å². The molecule has 7 heteroatoms. The number of carbonyl (C=O) groups is 1. The van der Waals surface area contributed by atoms with Gasteiger partial charge >= 0.3 is 0 Å². The molecule has 0 saturated heterocycles. The lowest BCUT2D eigenvalue weighted by molar-refractivity contribution is 0.0932. The average Bonchev–Trinajstić information content (AvgIpc) is 3.46. The fraction of sp³-hybridized carbons (Fsp3) is 0.273. The summed E-state index contributed by atoms with van der Waals surface area (Å²) in [4.78, 5) is 13.3. The highest BCUT2D eigenvalue weighted by Crippen LogP contribution is 2.39. The molecule has 0 bridgehead atoms. The summed E-state index contributed by atoms with van der Waals surface area (Å²) in [7, 11) is -3.25. The van der Waals surface area contributed by atoms with E-state index in [4.69, 9.17) is 0 Å². The lowest BCUT2D eigenvalue weighted by Crippen LogP contribution is -2.28. The molecule has 2 aromatic carbocycles. The number of sulfone groups is 1. The van der Waals surface area contributed by atoms with Crippen molar-refractivity contribution in [2.45, 2.75) is 36.6 Å². The van der Waals surface area contributed by atoms with Gasteiger partial charge in [-0.1, -0.05) is 30.3 Å². The maximum atomic E-state index is 13.0. The van der Waals surface area contributed by atoms with Crippen molar-refractivity contribution in [3.8, 4) is 5.69 Å². The maximum absolute atomic E-state index is 13.0. The molecule has 3 aromatic rings. The average molecular weight is 410 g/mol. The summed E-state index contributed by atoms with van der Waals surface area (Å²) in [6.45, 7) is 1.87. The van der Waals surface area contributed by atoms with Crippen LogP contribution in [0.4, 0.5) is 0 Å². The number of nitrogens with one attached hydrogen (secondary N) is 1. The number of hydrogen-bond donors (Lipinski definition) is 1. The molecule has 1 atom stereocenters. The van der Waals surface area contributed by atoms with Crippen molar-refractivity contribution in [2.75, 3.05) is 6.26 Å². The zero-order valence-corrected chi connectivity index (χ0v) is 17.2. The largest absolute Gasteiger partial charge is 0.344 e. The molecule has 150 valence electrons. The minimum atomic E-state index is -3.25. The van der Waals surface area contributed by atoms with Gasteiger partial charge in [-0.2, -0.15) is 5.10 Å². The maximum Gasteiger partial charge on any atom is 0.270 e. The smallest absolute Gasteiger partial charge is 0.270 e. The van der Waals surface area contributed by atoms with Crippen LogP contribution in [0.25, 0.3) is 5.69 Å². The quantitative estimate of drug-likeness (QED) is 0.674. The molecule has 1 fully saturated rings. The molecule has 1 amide bonds. The molecule has 1 aliphatic carbocycles. The fourth-order valence-electron chi connectivity index (χ4n) is 3.26. The van der Waals surface area contributed by atoms with E-state index in [2.05, 4.69) is 10.4 Å². The molecular formula is C22H23N3O3S. The Bertz CT molecular complexity index is 1130. The zero-order valence-electron chi connectivity index (χ0n) is 16.4. The number of hydrogen-bond acceptors (Lipinski definition) is 4. The first kappa shape index (κ1) is 19.4. The van der Waals surface area contributed by atoms with Gasteiger partial charge in [0.2, 0.25) is 0 Å². The van der Waals surface area contributed by atoms with Gasteiger partial charge in [0.05, 0.1) is 22.3 Å². The fourth-order valence-corrected chi connectivity index (χ4v) is 3.89. The molecule has 6 nitrogen and oxygen atoms in total. The predicted molar refractivity (Wildman–Crippen MR) is 111 cm³/mol. The van der Waals surface area contributed by atoms with Crippen LogP contribution in [0, 0.1) is 0 Å². The molecule has 0 radical (unpaired) electrons. The molecule has 4 rings (SSSR count). The lowest BCUT2D eigenvalue weighted by atomic mass is 10.1. The predicted octanol–water partition coefficient (Wildman–Crippen LogP) is 3.64. The summed E-state index contributed by atoms with van der Waals surface area (Å²) in [6, 6.07) is 17.8. The number of rotatable bonds is 6. The van der Waals surface area contributed by atoms with E-state index < -0.39 is 9.84 Å². The Morgan fingerprint density at radius 1 is 1.10 bits per heavy atom. The molecule has 0 spiro atoms. The Morgan fingerprint density at radius 2 is 1.76 bits per heavy atom. The molecule has 1 heterocycles. The third kappa shape index (κ3) is 4.24. The van der Waals surface area contributed by atoms with Crippen molar-refractivity contribution in [1.82, 2.24) is 15.1 Å². The van der Waals surface area contributed by atoms with Crippen LogP contribution in [0.5, 0.6) is 0 Å². The van der Waals surface area contributed by atoms with Gasteiger partial charge in [-0.05, 0) is 55.7 Å². The van der Waals surface area contributed by atoms with E-state index in [1.165, 1.54) is 6.26 Å². The summed E-state index contributed by atoms with van der Waals surface area (Å²) < 4.78 is 25.0. The van der Waals surface area contributed by atoms with Gasteiger partial charge in [-0.3, -0.25) is 4.79 Å². The topological polar surface area (TPSA) is 81.1 Å². The van der Waals surface area contributed by atoms with Crippen LogP contribution in [0.3, 0.4) is 0 Å². The van der Waals surface area contributed by atoms with Crippen molar-refractivity contribution >= 4 is 15.7 Å². The summed E-state index contributed by atoms with van der Waals surface area (Å²) >= 11 is 0. The monoisotopic (exact) mass is 409 g/mol. The van der Waals surface area contributed by atoms with Gasteiger partial charge in [0.1, 0.15) is 5.69 Å². The molecule has 1 aliphatic rings. The molecule has 1 aromatic heterocycles. The first-order valence-electron chi connectivity index (χ1n) is 9.59. The van der Waals surface area contributed by atoms with Crippen LogP contribution in [0.15, 0.2) is 65.6 Å². The third-order valence-corrected chi connectivity index (χ3v) is 6.24. The van der Waals surface area contributed by atoms with Crippen LogP contribution >= 0.6 is 0 Å². The van der Waals surface area contributed by atoms with Gasteiger partial charge in [-0.25, -0.2) is 13.1 Å². The second kappa shape index (κ2) is 7.48.